The predicted octanol–water partition coefficient (Wildman–Crippen LogP) is 5.97. The van der Waals surface area contributed by atoms with Crippen LogP contribution >= 0.6 is 0 Å². The third-order valence-corrected chi connectivity index (χ3v) is 6.78. The lowest BCUT2D eigenvalue weighted by molar-refractivity contribution is -0.137. The van der Waals surface area contributed by atoms with Crippen LogP contribution in [0.3, 0.4) is 0 Å². The van der Waals surface area contributed by atoms with Gasteiger partial charge in [0.15, 0.2) is 0 Å². The molecule has 5 nitrogen and oxygen atoms in total. The second-order valence-electron chi connectivity index (χ2n) is 9.21. The van der Waals surface area contributed by atoms with E-state index >= 15 is 0 Å². The lowest BCUT2D eigenvalue weighted by atomic mass is 10.0. The third kappa shape index (κ3) is 4.87. The number of aliphatic hydroxyl groups excluding tert-OH is 1. The van der Waals surface area contributed by atoms with Crippen LogP contribution in [-0.4, -0.2) is 27.7 Å². The number of halogens is 3. The first-order valence-corrected chi connectivity index (χ1v) is 11.7. The highest BCUT2D eigenvalue weighted by Crippen LogP contribution is 2.37. The molecule has 34 heavy (non-hydrogen) atoms. The topological polar surface area (TPSA) is 70.1 Å². The van der Waals surface area contributed by atoms with E-state index in [0.29, 0.717) is 48.1 Å². The van der Waals surface area contributed by atoms with Gasteiger partial charge in [0, 0.05) is 36.0 Å². The summed E-state index contributed by atoms with van der Waals surface area (Å²) < 4.78 is 40.2. The Morgan fingerprint density at radius 3 is 2.59 bits per heavy atom. The van der Waals surface area contributed by atoms with Crippen LogP contribution in [0.25, 0.3) is 11.3 Å². The molecule has 0 aliphatic heterocycles. The van der Waals surface area contributed by atoms with Crippen molar-refractivity contribution in [3.8, 4) is 11.3 Å². The van der Waals surface area contributed by atoms with Gasteiger partial charge in [-0.25, -0.2) is 9.97 Å². The van der Waals surface area contributed by atoms with Crippen LogP contribution < -0.4 is 10.6 Å². The number of alkyl halides is 3. The SMILES string of the molecule is OC1Cc2cccc(Nc3cc(-c4ccc(C(F)(F)F)cc4NCC4CCCC4)ncn3)c2C1. The lowest BCUT2D eigenvalue weighted by Gasteiger charge is -2.18. The Morgan fingerprint density at radius 2 is 1.79 bits per heavy atom. The van der Waals surface area contributed by atoms with E-state index in [0.717, 1.165) is 35.7 Å². The fraction of sp³-hybridized carbons (Fsp3) is 0.385. The van der Waals surface area contributed by atoms with E-state index < -0.39 is 11.7 Å². The van der Waals surface area contributed by atoms with Gasteiger partial charge in [0.05, 0.1) is 17.4 Å². The molecule has 1 saturated carbocycles. The van der Waals surface area contributed by atoms with Crippen molar-refractivity contribution in [3.63, 3.8) is 0 Å². The van der Waals surface area contributed by atoms with E-state index in [-0.39, 0.29) is 6.10 Å². The van der Waals surface area contributed by atoms with Gasteiger partial charge < -0.3 is 15.7 Å². The van der Waals surface area contributed by atoms with Gasteiger partial charge in [0.1, 0.15) is 12.1 Å². The zero-order valence-electron chi connectivity index (χ0n) is 18.7. The molecule has 3 N–H and O–H groups in total. The molecule has 0 bridgehead atoms. The summed E-state index contributed by atoms with van der Waals surface area (Å²) >= 11 is 0. The summed E-state index contributed by atoms with van der Waals surface area (Å²) in [7, 11) is 0. The molecule has 2 aliphatic rings. The molecule has 0 amide bonds. The normalized spacial score (nSPS) is 18.2. The molecule has 178 valence electrons. The molecule has 2 aliphatic carbocycles. The largest absolute Gasteiger partial charge is 0.416 e. The molecular formula is C26H27F3N4O. The summed E-state index contributed by atoms with van der Waals surface area (Å²) in [5, 5.41) is 16.6. The van der Waals surface area contributed by atoms with Crippen molar-refractivity contribution < 1.29 is 18.3 Å². The van der Waals surface area contributed by atoms with E-state index in [1.807, 2.05) is 18.2 Å². The van der Waals surface area contributed by atoms with E-state index in [9.17, 15) is 18.3 Å². The molecule has 1 heterocycles. The highest BCUT2D eigenvalue weighted by atomic mass is 19.4. The van der Waals surface area contributed by atoms with Crippen LogP contribution in [0.4, 0.5) is 30.4 Å². The molecule has 0 saturated heterocycles. The Balaban J connectivity index is 1.44. The minimum atomic E-state index is -4.42. The molecular weight excluding hydrogens is 441 g/mol. The Bertz CT molecular complexity index is 1170. The predicted molar refractivity (Wildman–Crippen MR) is 126 cm³/mol. The Morgan fingerprint density at radius 1 is 0.971 bits per heavy atom. The Labute approximate surface area is 196 Å². The second-order valence-corrected chi connectivity index (χ2v) is 9.21. The van der Waals surface area contributed by atoms with Gasteiger partial charge in [0.25, 0.3) is 0 Å². The molecule has 1 atom stereocenters. The molecule has 1 unspecified atom stereocenters. The van der Waals surface area contributed by atoms with Crippen LogP contribution in [0.1, 0.15) is 42.4 Å². The minimum Gasteiger partial charge on any atom is -0.392 e. The summed E-state index contributed by atoms with van der Waals surface area (Å²) in [5.74, 6) is 1.02. The number of hydrogen-bond donors (Lipinski definition) is 3. The van der Waals surface area contributed by atoms with E-state index in [1.54, 1.807) is 6.07 Å². The average molecular weight is 469 g/mol. The second kappa shape index (κ2) is 9.25. The number of anilines is 3. The number of aromatic nitrogens is 2. The van der Waals surface area contributed by atoms with Crippen LogP contribution in [0.2, 0.25) is 0 Å². The van der Waals surface area contributed by atoms with Gasteiger partial charge in [-0.1, -0.05) is 31.0 Å². The molecule has 5 rings (SSSR count). The van der Waals surface area contributed by atoms with Crippen molar-refractivity contribution in [1.29, 1.82) is 0 Å². The van der Waals surface area contributed by atoms with Gasteiger partial charge in [-0.05, 0) is 54.5 Å². The third-order valence-electron chi connectivity index (χ3n) is 6.78. The first-order valence-electron chi connectivity index (χ1n) is 11.7. The number of nitrogens with zero attached hydrogens (tertiary/aromatic N) is 2. The Kier molecular flexibility index (Phi) is 6.16. The highest BCUT2D eigenvalue weighted by Gasteiger charge is 2.31. The lowest BCUT2D eigenvalue weighted by Crippen LogP contribution is -2.13. The van der Waals surface area contributed by atoms with Crippen molar-refractivity contribution in [2.24, 2.45) is 5.92 Å². The van der Waals surface area contributed by atoms with Gasteiger partial charge >= 0.3 is 6.18 Å². The highest BCUT2D eigenvalue weighted by molar-refractivity contribution is 5.78. The van der Waals surface area contributed by atoms with Crippen molar-refractivity contribution in [1.82, 2.24) is 9.97 Å². The molecule has 2 aromatic carbocycles. The summed E-state index contributed by atoms with van der Waals surface area (Å²) in [6.07, 6.45) is 2.34. The van der Waals surface area contributed by atoms with Crippen molar-refractivity contribution >= 4 is 17.2 Å². The first-order chi connectivity index (χ1) is 16.4. The van der Waals surface area contributed by atoms with Crippen molar-refractivity contribution in [2.45, 2.75) is 50.8 Å². The molecule has 8 heteroatoms. The monoisotopic (exact) mass is 468 g/mol. The number of benzene rings is 2. The van der Waals surface area contributed by atoms with Gasteiger partial charge in [-0.3, -0.25) is 0 Å². The number of nitrogens with one attached hydrogen (secondary N) is 2. The fourth-order valence-electron chi connectivity index (χ4n) is 5.02. The molecule has 0 spiro atoms. The smallest absolute Gasteiger partial charge is 0.392 e. The molecule has 1 fully saturated rings. The summed E-state index contributed by atoms with van der Waals surface area (Å²) in [6, 6.07) is 11.4. The van der Waals surface area contributed by atoms with Gasteiger partial charge in [0.2, 0.25) is 0 Å². The van der Waals surface area contributed by atoms with Crippen molar-refractivity contribution in [3.05, 3.63) is 65.5 Å². The standard InChI is InChI=1S/C26H27F3N4O/c27-26(28,29)18-8-9-20(23(11-18)30-14-16-4-1-2-5-16)24-13-25(32-15-31-24)33-22-7-3-6-17-10-19(34)12-21(17)22/h3,6-9,11,13,15-16,19,30,34H,1-2,4-5,10,12,14H2,(H,31,32,33). The van der Waals surface area contributed by atoms with E-state index in [1.165, 1.54) is 31.3 Å². The van der Waals surface area contributed by atoms with Crippen LogP contribution in [-0.2, 0) is 19.0 Å². The quantitative estimate of drug-likeness (QED) is 0.416. The maximum absolute atomic E-state index is 13.4. The summed E-state index contributed by atoms with van der Waals surface area (Å²) in [4.78, 5) is 8.67. The molecule has 1 aromatic heterocycles. The average Bonchev–Trinajstić information content (AvgIpc) is 3.46. The van der Waals surface area contributed by atoms with Crippen molar-refractivity contribution in [2.75, 3.05) is 17.2 Å². The van der Waals surface area contributed by atoms with Crippen LogP contribution in [0.5, 0.6) is 0 Å². The van der Waals surface area contributed by atoms with E-state index in [4.69, 9.17) is 0 Å². The van der Waals surface area contributed by atoms with Gasteiger partial charge in [-0.15, -0.1) is 0 Å². The van der Waals surface area contributed by atoms with Gasteiger partial charge in [-0.2, -0.15) is 13.2 Å². The molecule has 3 aromatic rings. The zero-order chi connectivity index (χ0) is 23.7. The molecule has 0 radical (unpaired) electrons. The van der Waals surface area contributed by atoms with Crippen LogP contribution in [0, 0.1) is 5.92 Å². The first kappa shape index (κ1) is 22.7. The number of hydrogen-bond acceptors (Lipinski definition) is 5. The fourth-order valence-corrected chi connectivity index (χ4v) is 5.02. The summed E-state index contributed by atoms with van der Waals surface area (Å²) in [6.45, 7) is 0.642. The minimum absolute atomic E-state index is 0.389. The maximum Gasteiger partial charge on any atom is 0.416 e. The number of rotatable bonds is 6. The number of aliphatic hydroxyl groups is 1. The Hall–Kier alpha value is -3.13. The van der Waals surface area contributed by atoms with Crippen LogP contribution in [0.15, 0.2) is 48.8 Å². The number of fused-ring (bicyclic) bond motifs is 1. The zero-order valence-corrected chi connectivity index (χ0v) is 18.7. The summed E-state index contributed by atoms with van der Waals surface area (Å²) in [5.41, 5.74) is 3.91. The maximum atomic E-state index is 13.4. The van der Waals surface area contributed by atoms with E-state index in [2.05, 4.69) is 20.6 Å².